The largest absolute Gasteiger partial charge is 0.481 e. The average Bonchev–Trinajstić information content (AvgIpc) is 3.14. The van der Waals surface area contributed by atoms with E-state index >= 15 is 0 Å². The molecule has 0 unspecified atom stereocenters. The van der Waals surface area contributed by atoms with E-state index in [0.29, 0.717) is 18.1 Å². The van der Waals surface area contributed by atoms with Crippen LogP contribution < -0.4 is 10.1 Å². The number of nitrogens with one attached hydrogen (secondary N) is 1. The summed E-state index contributed by atoms with van der Waals surface area (Å²) in [6.45, 7) is 0.373. The first-order valence-electron chi connectivity index (χ1n) is 7.80. The van der Waals surface area contributed by atoms with Crippen LogP contribution in [0.4, 0.5) is 4.39 Å². The van der Waals surface area contributed by atoms with E-state index in [1.165, 1.54) is 29.5 Å². The summed E-state index contributed by atoms with van der Waals surface area (Å²) in [7, 11) is 1.55. The van der Waals surface area contributed by atoms with Gasteiger partial charge in [-0.15, -0.1) is 11.3 Å². The molecule has 2 aromatic heterocycles. The van der Waals surface area contributed by atoms with Gasteiger partial charge in [-0.05, 0) is 35.9 Å². The molecular formula is C19H16FN3O2S. The third-order valence-electron chi connectivity index (χ3n) is 3.49. The van der Waals surface area contributed by atoms with Crippen LogP contribution in [-0.4, -0.2) is 23.0 Å². The molecule has 0 atom stereocenters. The van der Waals surface area contributed by atoms with Crippen molar-refractivity contribution < 1.29 is 13.9 Å². The van der Waals surface area contributed by atoms with Gasteiger partial charge in [0.1, 0.15) is 10.8 Å². The van der Waals surface area contributed by atoms with Gasteiger partial charge in [0.05, 0.1) is 12.8 Å². The van der Waals surface area contributed by atoms with Crippen LogP contribution in [0, 0.1) is 5.82 Å². The molecule has 5 nitrogen and oxygen atoms in total. The molecule has 3 aromatic rings. The number of pyridine rings is 1. The first-order chi connectivity index (χ1) is 12.6. The normalized spacial score (nSPS) is 10.8. The highest BCUT2D eigenvalue weighted by atomic mass is 32.1. The third-order valence-corrected chi connectivity index (χ3v) is 4.40. The standard InChI is InChI=1S/C19H16FN3O2S/c1-25-18-9-2-13(11-22-18)10-21-17(24)8-7-16-12-26-19(23-16)14-3-5-15(20)6-4-14/h2-9,11-12H,10H2,1H3,(H,21,24)/b8-7+. The van der Waals surface area contributed by atoms with Crippen molar-refractivity contribution in [3.05, 3.63) is 71.1 Å². The van der Waals surface area contributed by atoms with Gasteiger partial charge in [0, 0.05) is 35.8 Å². The van der Waals surface area contributed by atoms with Crippen molar-refractivity contribution in [2.24, 2.45) is 0 Å². The monoisotopic (exact) mass is 369 g/mol. The number of thiazole rings is 1. The molecule has 0 saturated heterocycles. The van der Waals surface area contributed by atoms with E-state index in [2.05, 4.69) is 15.3 Å². The van der Waals surface area contributed by atoms with E-state index in [4.69, 9.17) is 4.74 Å². The topological polar surface area (TPSA) is 64.1 Å². The highest BCUT2D eigenvalue weighted by Gasteiger charge is 2.04. The van der Waals surface area contributed by atoms with Crippen LogP contribution in [0.1, 0.15) is 11.3 Å². The molecule has 0 bridgehead atoms. The number of nitrogens with zero attached hydrogens (tertiary/aromatic N) is 2. The number of aromatic nitrogens is 2. The Kier molecular flexibility index (Phi) is 5.70. The van der Waals surface area contributed by atoms with Crippen LogP contribution in [0.3, 0.4) is 0 Å². The second kappa shape index (κ2) is 8.35. The summed E-state index contributed by atoms with van der Waals surface area (Å²) in [5.41, 5.74) is 2.39. The maximum absolute atomic E-state index is 13.0. The Morgan fingerprint density at radius 2 is 2.08 bits per heavy atom. The molecular weight excluding hydrogens is 353 g/mol. The van der Waals surface area contributed by atoms with Gasteiger partial charge in [-0.25, -0.2) is 14.4 Å². The van der Waals surface area contributed by atoms with Gasteiger partial charge in [-0.2, -0.15) is 0 Å². The van der Waals surface area contributed by atoms with E-state index in [1.807, 2.05) is 11.4 Å². The second-order valence-electron chi connectivity index (χ2n) is 5.34. The van der Waals surface area contributed by atoms with Crippen LogP contribution in [-0.2, 0) is 11.3 Å². The summed E-state index contributed by atoms with van der Waals surface area (Å²) in [6.07, 6.45) is 4.73. The van der Waals surface area contributed by atoms with Crippen LogP contribution in [0.5, 0.6) is 5.88 Å². The third kappa shape index (κ3) is 4.73. The number of benzene rings is 1. The predicted molar refractivity (Wildman–Crippen MR) is 99.2 cm³/mol. The van der Waals surface area contributed by atoms with Crippen molar-refractivity contribution in [1.82, 2.24) is 15.3 Å². The molecule has 0 radical (unpaired) electrons. The van der Waals surface area contributed by atoms with E-state index < -0.39 is 0 Å². The molecule has 1 N–H and O–H groups in total. The molecule has 3 rings (SSSR count). The highest BCUT2D eigenvalue weighted by molar-refractivity contribution is 7.13. The molecule has 0 aliphatic heterocycles. The Hall–Kier alpha value is -3.06. The number of carbonyl (C=O) groups is 1. The number of rotatable bonds is 6. The van der Waals surface area contributed by atoms with Crippen molar-refractivity contribution in [3.63, 3.8) is 0 Å². The lowest BCUT2D eigenvalue weighted by molar-refractivity contribution is -0.116. The van der Waals surface area contributed by atoms with E-state index in [9.17, 15) is 9.18 Å². The fourth-order valence-corrected chi connectivity index (χ4v) is 2.93. The smallest absolute Gasteiger partial charge is 0.244 e. The molecule has 1 amide bonds. The van der Waals surface area contributed by atoms with Crippen LogP contribution in [0.25, 0.3) is 16.6 Å². The molecule has 0 fully saturated rings. The lowest BCUT2D eigenvalue weighted by Crippen LogP contribution is -2.20. The quantitative estimate of drug-likeness (QED) is 0.673. The highest BCUT2D eigenvalue weighted by Crippen LogP contribution is 2.24. The Bertz CT molecular complexity index is 905. The van der Waals surface area contributed by atoms with E-state index in [1.54, 1.807) is 37.6 Å². The number of carbonyl (C=O) groups excluding carboxylic acids is 1. The number of amides is 1. The zero-order valence-corrected chi connectivity index (χ0v) is 14.8. The predicted octanol–water partition coefficient (Wildman–Crippen LogP) is 3.68. The van der Waals surface area contributed by atoms with Crippen LogP contribution in [0.15, 0.2) is 54.1 Å². The lowest BCUT2D eigenvalue weighted by atomic mass is 10.2. The van der Waals surface area contributed by atoms with Crippen molar-refractivity contribution in [1.29, 1.82) is 0 Å². The number of halogens is 1. The second-order valence-corrected chi connectivity index (χ2v) is 6.20. The summed E-state index contributed by atoms with van der Waals surface area (Å²) < 4.78 is 18.0. The number of hydrogen-bond donors (Lipinski definition) is 1. The minimum atomic E-state index is -0.283. The number of hydrogen-bond acceptors (Lipinski definition) is 5. The summed E-state index contributed by atoms with van der Waals surface area (Å²) in [5, 5.41) is 5.39. The van der Waals surface area contributed by atoms with Crippen molar-refractivity contribution in [3.8, 4) is 16.5 Å². The average molecular weight is 369 g/mol. The molecule has 26 heavy (non-hydrogen) atoms. The van der Waals surface area contributed by atoms with Gasteiger partial charge in [-0.3, -0.25) is 4.79 Å². The summed E-state index contributed by atoms with van der Waals surface area (Å²) in [4.78, 5) is 20.4. The number of ether oxygens (including phenoxy) is 1. The van der Waals surface area contributed by atoms with Crippen molar-refractivity contribution >= 4 is 23.3 Å². The zero-order valence-electron chi connectivity index (χ0n) is 14.0. The molecule has 0 aliphatic carbocycles. The maximum atomic E-state index is 13.0. The fraction of sp³-hybridized carbons (Fsp3) is 0.105. The SMILES string of the molecule is COc1ccc(CNC(=O)/C=C/c2csc(-c3ccc(F)cc3)n2)cn1. The van der Waals surface area contributed by atoms with Gasteiger partial charge in [0.25, 0.3) is 0 Å². The van der Waals surface area contributed by atoms with E-state index in [0.717, 1.165) is 16.1 Å². The molecule has 1 aromatic carbocycles. The van der Waals surface area contributed by atoms with Crippen molar-refractivity contribution in [2.75, 3.05) is 7.11 Å². The van der Waals surface area contributed by atoms with Crippen molar-refractivity contribution in [2.45, 2.75) is 6.54 Å². The van der Waals surface area contributed by atoms with Gasteiger partial charge >= 0.3 is 0 Å². The summed E-state index contributed by atoms with van der Waals surface area (Å²) in [6, 6.07) is 9.73. The Balaban J connectivity index is 1.55. The van der Waals surface area contributed by atoms with Gasteiger partial charge in [0.2, 0.25) is 11.8 Å². The Morgan fingerprint density at radius 1 is 1.27 bits per heavy atom. The molecule has 0 aliphatic rings. The molecule has 2 heterocycles. The minimum Gasteiger partial charge on any atom is -0.481 e. The van der Waals surface area contributed by atoms with Gasteiger partial charge in [0.15, 0.2) is 0 Å². The van der Waals surface area contributed by atoms with E-state index in [-0.39, 0.29) is 11.7 Å². The Labute approximate surface area is 154 Å². The van der Waals surface area contributed by atoms with Gasteiger partial charge in [-0.1, -0.05) is 6.07 Å². The summed E-state index contributed by atoms with van der Waals surface area (Å²) in [5.74, 6) is 0.0202. The lowest BCUT2D eigenvalue weighted by Gasteiger charge is -2.03. The maximum Gasteiger partial charge on any atom is 0.244 e. The first kappa shape index (κ1) is 17.8. The van der Waals surface area contributed by atoms with Crippen LogP contribution >= 0.6 is 11.3 Å². The fourth-order valence-electron chi connectivity index (χ4n) is 2.13. The molecule has 0 saturated carbocycles. The minimum absolute atomic E-state index is 0.225. The zero-order chi connectivity index (χ0) is 18.4. The Morgan fingerprint density at radius 3 is 2.77 bits per heavy atom. The van der Waals surface area contributed by atoms with Crippen LogP contribution in [0.2, 0.25) is 0 Å². The summed E-state index contributed by atoms with van der Waals surface area (Å²) >= 11 is 1.44. The molecule has 7 heteroatoms. The van der Waals surface area contributed by atoms with Gasteiger partial charge < -0.3 is 10.1 Å². The number of methoxy groups -OCH3 is 1. The molecule has 0 spiro atoms. The first-order valence-corrected chi connectivity index (χ1v) is 8.68. The molecule has 132 valence electrons.